The van der Waals surface area contributed by atoms with Gasteiger partial charge in [-0.15, -0.1) is 0 Å². The minimum absolute atomic E-state index is 0.447. The first kappa shape index (κ1) is 25.4. The molecule has 6 aromatic carbocycles. The van der Waals surface area contributed by atoms with Crippen LogP contribution in [0.15, 0.2) is 127 Å². The topological polar surface area (TPSA) is 66.7 Å². The van der Waals surface area contributed by atoms with Crippen molar-refractivity contribution >= 4 is 43.6 Å². The van der Waals surface area contributed by atoms with Crippen molar-refractivity contribution in [3.8, 4) is 40.4 Å². The number of ether oxygens (including phenoxy) is 1. The Labute approximate surface area is 253 Å². The lowest BCUT2D eigenvalue weighted by molar-refractivity contribution is 0.415. The first-order valence-electron chi connectivity index (χ1n) is 14.3. The molecule has 0 amide bonds. The van der Waals surface area contributed by atoms with Gasteiger partial charge in [-0.1, -0.05) is 48.5 Å². The van der Waals surface area contributed by atoms with Crippen molar-refractivity contribution in [2.75, 3.05) is 7.11 Å². The molecule has 0 aliphatic carbocycles. The van der Waals surface area contributed by atoms with Crippen molar-refractivity contribution in [2.24, 2.45) is 0 Å². The first-order valence-corrected chi connectivity index (χ1v) is 14.3. The second-order valence-electron chi connectivity index (χ2n) is 10.8. The van der Waals surface area contributed by atoms with E-state index in [-0.39, 0.29) is 0 Å². The lowest BCUT2D eigenvalue weighted by Crippen LogP contribution is -1.98. The molecule has 0 atom stereocenters. The van der Waals surface area contributed by atoms with Crippen molar-refractivity contribution in [3.63, 3.8) is 0 Å². The predicted octanol–water partition coefficient (Wildman–Crippen LogP) is 9.30. The Balaban J connectivity index is 1.37. The summed E-state index contributed by atoms with van der Waals surface area (Å²) >= 11 is 0. The average molecular weight is 565 g/mol. The molecule has 0 saturated heterocycles. The normalized spacial score (nSPS) is 11.2. The molecular weight excluding hydrogens is 540 g/mol. The third-order valence-electron chi connectivity index (χ3n) is 8.48. The monoisotopic (exact) mass is 564 g/mol. The molecule has 5 nitrogen and oxygen atoms in total. The highest BCUT2D eigenvalue weighted by atomic mass is 16.5. The molecule has 2 aromatic heterocycles. The van der Waals surface area contributed by atoms with E-state index in [0.29, 0.717) is 11.1 Å². The van der Waals surface area contributed by atoms with Gasteiger partial charge in [0.05, 0.1) is 52.1 Å². The van der Waals surface area contributed by atoms with Crippen molar-refractivity contribution < 1.29 is 4.74 Å². The lowest BCUT2D eigenvalue weighted by Gasteiger charge is -2.11. The third-order valence-corrected chi connectivity index (χ3v) is 8.48. The number of methoxy groups -OCH3 is 1. The van der Waals surface area contributed by atoms with Crippen molar-refractivity contribution in [3.05, 3.63) is 139 Å². The molecule has 0 N–H and O–H groups in total. The molecule has 8 aromatic rings. The Morgan fingerprint density at radius 1 is 0.523 bits per heavy atom. The van der Waals surface area contributed by atoms with Gasteiger partial charge in [-0.25, -0.2) is 0 Å². The lowest BCUT2D eigenvalue weighted by atomic mass is 10.0. The van der Waals surface area contributed by atoms with E-state index in [0.717, 1.165) is 55.6 Å². The summed E-state index contributed by atoms with van der Waals surface area (Å²) in [6.45, 7) is 0. The number of aromatic nitrogens is 2. The maximum absolute atomic E-state index is 10.00. The molecule has 44 heavy (non-hydrogen) atoms. The Bertz CT molecular complexity index is 2510. The third kappa shape index (κ3) is 3.78. The highest BCUT2D eigenvalue weighted by molar-refractivity contribution is 6.13. The van der Waals surface area contributed by atoms with Gasteiger partial charge in [-0.05, 0) is 90.0 Å². The van der Waals surface area contributed by atoms with Crippen LogP contribution in [0.5, 0.6) is 5.75 Å². The van der Waals surface area contributed by atoms with E-state index in [4.69, 9.17) is 4.74 Å². The van der Waals surface area contributed by atoms with E-state index < -0.39 is 0 Å². The zero-order chi connectivity index (χ0) is 29.8. The van der Waals surface area contributed by atoms with Crippen LogP contribution in [0.3, 0.4) is 0 Å². The summed E-state index contributed by atoms with van der Waals surface area (Å²) in [6, 6.07) is 47.9. The fraction of sp³-hybridized carbons (Fsp3) is 0.0256. The number of para-hydroxylation sites is 2. The van der Waals surface area contributed by atoms with Gasteiger partial charge in [0.25, 0.3) is 0 Å². The Morgan fingerprint density at radius 3 is 1.84 bits per heavy atom. The van der Waals surface area contributed by atoms with Crippen LogP contribution in [-0.2, 0) is 0 Å². The van der Waals surface area contributed by atoms with Crippen LogP contribution in [-0.4, -0.2) is 16.2 Å². The zero-order valence-electron chi connectivity index (χ0n) is 23.8. The first-order chi connectivity index (χ1) is 21.7. The second-order valence-corrected chi connectivity index (χ2v) is 10.8. The zero-order valence-corrected chi connectivity index (χ0v) is 23.8. The standard InChI is InChI=1S/C39H24N4O/c1-44-30-14-18-39-34(22-30)33-21-27(13-17-38(33)43(39)35-15-11-25(23-40)19-28(35)24-41)26-12-16-37-32(20-26)31-9-5-6-10-36(31)42(37)29-7-3-2-4-8-29/h2-22H,1H3. The summed E-state index contributed by atoms with van der Waals surface area (Å²) in [5.41, 5.74) is 9.25. The minimum atomic E-state index is 0.447. The Hall–Kier alpha value is -6.30. The highest BCUT2D eigenvalue weighted by Gasteiger charge is 2.18. The van der Waals surface area contributed by atoms with E-state index in [1.54, 1.807) is 19.2 Å². The van der Waals surface area contributed by atoms with E-state index in [1.807, 2.05) is 30.3 Å². The minimum Gasteiger partial charge on any atom is -0.497 e. The van der Waals surface area contributed by atoms with Gasteiger partial charge in [0, 0.05) is 27.2 Å². The van der Waals surface area contributed by atoms with Crippen LogP contribution < -0.4 is 4.74 Å². The van der Waals surface area contributed by atoms with E-state index in [2.05, 4.69) is 106 Å². The molecule has 8 rings (SSSR count). The molecule has 0 bridgehead atoms. The van der Waals surface area contributed by atoms with Crippen LogP contribution in [0.4, 0.5) is 0 Å². The second kappa shape index (κ2) is 9.91. The van der Waals surface area contributed by atoms with Gasteiger partial charge in [0.2, 0.25) is 0 Å². The van der Waals surface area contributed by atoms with Crippen LogP contribution in [0.2, 0.25) is 0 Å². The van der Waals surface area contributed by atoms with Gasteiger partial charge in [-0.3, -0.25) is 0 Å². The average Bonchev–Trinajstić information content (AvgIpc) is 3.59. The van der Waals surface area contributed by atoms with Crippen molar-refractivity contribution in [1.29, 1.82) is 10.5 Å². The van der Waals surface area contributed by atoms with Crippen molar-refractivity contribution in [1.82, 2.24) is 9.13 Å². The molecule has 0 fully saturated rings. The molecule has 0 aliphatic heterocycles. The molecule has 0 aliphatic rings. The summed E-state index contributed by atoms with van der Waals surface area (Å²) in [7, 11) is 1.67. The van der Waals surface area contributed by atoms with Gasteiger partial charge >= 0.3 is 0 Å². The molecular formula is C39H24N4O. The number of hydrogen-bond donors (Lipinski definition) is 0. The molecule has 5 heteroatoms. The van der Waals surface area contributed by atoms with Crippen LogP contribution >= 0.6 is 0 Å². The molecule has 206 valence electrons. The van der Waals surface area contributed by atoms with Gasteiger partial charge in [-0.2, -0.15) is 10.5 Å². The fourth-order valence-electron chi connectivity index (χ4n) is 6.47. The molecule has 2 heterocycles. The van der Waals surface area contributed by atoms with E-state index in [1.165, 1.54) is 16.3 Å². The van der Waals surface area contributed by atoms with Gasteiger partial charge in [0.15, 0.2) is 0 Å². The van der Waals surface area contributed by atoms with Crippen LogP contribution in [0, 0.1) is 22.7 Å². The number of fused-ring (bicyclic) bond motifs is 6. The highest BCUT2D eigenvalue weighted by Crippen LogP contribution is 2.39. The summed E-state index contributed by atoms with van der Waals surface area (Å²) in [5, 5.41) is 23.9. The molecule has 0 unspecified atom stereocenters. The maximum Gasteiger partial charge on any atom is 0.119 e. The van der Waals surface area contributed by atoms with Crippen molar-refractivity contribution in [2.45, 2.75) is 0 Å². The maximum atomic E-state index is 10.00. The SMILES string of the molecule is COc1ccc2c(c1)c1cc(-c3ccc4c(c3)c3ccccc3n4-c3ccccc3)ccc1n2-c1ccc(C#N)cc1C#N. The summed E-state index contributed by atoms with van der Waals surface area (Å²) < 4.78 is 10.0. The predicted molar refractivity (Wildman–Crippen MR) is 177 cm³/mol. The molecule has 0 saturated carbocycles. The number of rotatable bonds is 4. The number of nitrogens with zero attached hydrogens (tertiary/aromatic N) is 4. The summed E-state index contributed by atoms with van der Waals surface area (Å²) in [4.78, 5) is 0. The van der Waals surface area contributed by atoms with Gasteiger partial charge < -0.3 is 13.9 Å². The smallest absolute Gasteiger partial charge is 0.119 e. The Kier molecular flexibility index (Phi) is 5.72. The quantitative estimate of drug-likeness (QED) is 0.214. The van der Waals surface area contributed by atoms with Crippen LogP contribution in [0.25, 0.3) is 66.1 Å². The fourth-order valence-corrected chi connectivity index (χ4v) is 6.47. The Morgan fingerprint density at radius 2 is 1.14 bits per heavy atom. The van der Waals surface area contributed by atoms with Crippen LogP contribution in [0.1, 0.15) is 11.1 Å². The molecule has 0 spiro atoms. The largest absolute Gasteiger partial charge is 0.497 e. The van der Waals surface area contributed by atoms with E-state index >= 15 is 0 Å². The summed E-state index contributed by atoms with van der Waals surface area (Å²) in [5.74, 6) is 0.762. The molecule has 0 radical (unpaired) electrons. The van der Waals surface area contributed by atoms with Gasteiger partial charge in [0.1, 0.15) is 11.8 Å². The summed E-state index contributed by atoms with van der Waals surface area (Å²) in [6.07, 6.45) is 0. The number of nitriles is 2. The number of benzene rings is 6. The number of hydrogen-bond acceptors (Lipinski definition) is 3. The van der Waals surface area contributed by atoms with E-state index in [9.17, 15) is 10.5 Å².